The van der Waals surface area contributed by atoms with Gasteiger partial charge in [-0.05, 0) is 39.0 Å². The molecule has 1 rings (SSSR count). The van der Waals surface area contributed by atoms with Gasteiger partial charge in [0.05, 0.1) is 6.61 Å². The first kappa shape index (κ1) is 17.2. The summed E-state index contributed by atoms with van der Waals surface area (Å²) in [5.74, 6) is 0.941. The monoisotopic (exact) mass is 310 g/mol. The van der Waals surface area contributed by atoms with Crippen molar-refractivity contribution in [3.05, 3.63) is 23.8 Å². The highest BCUT2D eigenvalue weighted by Gasteiger charge is 2.14. The molecule has 0 heterocycles. The van der Waals surface area contributed by atoms with Crippen molar-refractivity contribution < 1.29 is 14.3 Å². The normalized spacial score (nSPS) is 10.3. The Labute approximate surface area is 131 Å². The number of likely N-dealkylation sites (N-methyl/N-ethyl adjacent to an activating group) is 1. The first-order chi connectivity index (χ1) is 9.86. The summed E-state index contributed by atoms with van der Waals surface area (Å²) >= 11 is 4.94. The molecule has 0 aliphatic rings. The van der Waals surface area contributed by atoms with Gasteiger partial charge in [0.2, 0.25) is 0 Å². The standard InChI is InChI=1S/C15H22N2O3S/c1-5-19-13-8-11(15(16)21)6-7-12(13)20-9-14(18)17(4)10(2)3/h6-8,10H,5,9H2,1-4H3,(H2,16,21). The molecule has 1 aromatic rings. The minimum absolute atomic E-state index is 0.0405. The lowest BCUT2D eigenvalue weighted by Gasteiger charge is -2.21. The minimum Gasteiger partial charge on any atom is -0.490 e. The number of hydrogen-bond acceptors (Lipinski definition) is 4. The SMILES string of the molecule is CCOc1cc(C(N)=S)ccc1OCC(=O)N(C)C(C)C. The molecule has 0 aromatic heterocycles. The number of rotatable bonds is 7. The summed E-state index contributed by atoms with van der Waals surface area (Å²) in [5.41, 5.74) is 6.30. The van der Waals surface area contributed by atoms with E-state index in [9.17, 15) is 4.79 Å². The molecule has 0 radical (unpaired) electrons. The van der Waals surface area contributed by atoms with Crippen LogP contribution in [0.2, 0.25) is 0 Å². The average Bonchev–Trinajstić information content (AvgIpc) is 2.44. The number of ether oxygens (including phenoxy) is 2. The van der Waals surface area contributed by atoms with Crippen LogP contribution in [-0.2, 0) is 4.79 Å². The molecule has 1 aromatic carbocycles. The van der Waals surface area contributed by atoms with Crippen molar-refractivity contribution in [1.82, 2.24) is 4.90 Å². The Morgan fingerprint density at radius 2 is 2.00 bits per heavy atom. The van der Waals surface area contributed by atoms with Gasteiger partial charge in [0, 0.05) is 18.7 Å². The third-order valence-corrected chi connectivity index (χ3v) is 3.28. The molecule has 0 aliphatic heterocycles. The van der Waals surface area contributed by atoms with Gasteiger partial charge in [0.1, 0.15) is 4.99 Å². The van der Waals surface area contributed by atoms with Crippen LogP contribution in [-0.4, -0.2) is 42.1 Å². The van der Waals surface area contributed by atoms with E-state index in [1.54, 1.807) is 30.1 Å². The fourth-order valence-corrected chi connectivity index (χ4v) is 1.71. The van der Waals surface area contributed by atoms with Crippen molar-refractivity contribution in [1.29, 1.82) is 0 Å². The van der Waals surface area contributed by atoms with E-state index in [4.69, 9.17) is 27.4 Å². The van der Waals surface area contributed by atoms with Crippen LogP contribution in [0.5, 0.6) is 11.5 Å². The van der Waals surface area contributed by atoms with Crippen molar-refractivity contribution in [2.75, 3.05) is 20.3 Å². The lowest BCUT2D eigenvalue weighted by Crippen LogP contribution is -2.36. The average molecular weight is 310 g/mol. The Bertz CT molecular complexity index is 518. The van der Waals surface area contributed by atoms with Crippen LogP contribution in [0.3, 0.4) is 0 Å². The van der Waals surface area contributed by atoms with Crippen LogP contribution in [0, 0.1) is 0 Å². The second kappa shape index (κ2) is 7.83. The third-order valence-electron chi connectivity index (χ3n) is 3.05. The van der Waals surface area contributed by atoms with Gasteiger partial charge in [0.15, 0.2) is 18.1 Å². The molecule has 0 saturated heterocycles. The summed E-state index contributed by atoms with van der Waals surface area (Å²) in [6.45, 7) is 6.20. The zero-order valence-corrected chi connectivity index (χ0v) is 13.7. The molecule has 21 heavy (non-hydrogen) atoms. The molecule has 0 spiro atoms. The molecule has 6 heteroatoms. The topological polar surface area (TPSA) is 64.8 Å². The van der Waals surface area contributed by atoms with Gasteiger partial charge in [-0.25, -0.2) is 0 Å². The van der Waals surface area contributed by atoms with Gasteiger partial charge in [-0.2, -0.15) is 0 Å². The van der Waals surface area contributed by atoms with Crippen LogP contribution >= 0.6 is 12.2 Å². The maximum absolute atomic E-state index is 11.9. The van der Waals surface area contributed by atoms with E-state index in [-0.39, 0.29) is 23.5 Å². The minimum atomic E-state index is -0.0918. The quantitative estimate of drug-likeness (QED) is 0.780. The molecule has 116 valence electrons. The van der Waals surface area contributed by atoms with Crippen molar-refractivity contribution >= 4 is 23.1 Å². The summed E-state index contributed by atoms with van der Waals surface area (Å²) in [5, 5.41) is 0. The Balaban J connectivity index is 2.83. The van der Waals surface area contributed by atoms with Crippen molar-refractivity contribution in [3.63, 3.8) is 0 Å². The zero-order valence-electron chi connectivity index (χ0n) is 12.9. The molecule has 0 bridgehead atoms. The Kier molecular flexibility index (Phi) is 6.42. The predicted molar refractivity (Wildman–Crippen MR) is 86.9 cm³/mol. The van der Waals surface area contributed by atoms with Crippen LogP contribution in [0.25, 0.3) is 0 Å². The van der Waals surface area contributed by atoms with Crippen LogP contribution in [0.4, 0.5) is 0 Å². The van der Waals surface area contributed by atoms with Gasteiger partial charge in [-0.1, -0.05) is 12.2 Å². The first-order valence-corrected chi connectivity index (χ1v) is 7.22. The highest BCUT2D eigenvalue weighted by molar-refractivity contribution is 7.80. The van der Waals surface area contributed by atoms with Gasteiger partial charge in [-0.15, -0.1) is 0 Å². The fourth-order valence-electron chi connectivity index (χ4n) is 1.58. The highest BCUT2D eigenvalue weighted by Crippen LogP contribution is 2.28. The maximum atomic E-state index is 11.9. The number of carbonyl (C=O) groups is 1. The van der Waals surface area contributed by atoms with Gasteiger partial charge < -0.3 is 20.1 Å². The van der Waals surface area contributed by atoms with Crippen molar-refractivity contribution in [3.8, 4) is 11.5 Å². The summed E-state index contributed by atoms with van der Waals surface area (Å²) in [7, 11) is 1.75. The molecule has 0 fully saturated rings. The van der Waals surface area contributed by atoms with Crippen molar-refractivity contribution in [2.24, 2.45) is 5.73 Å². The number of carbonyl (C=O) groups excluding carboxylic acids is 1. The van der Waals surface area contributed by atoms with Gasteiger partial charge in [-0.3, -0.25) is 4.79 Å². The Morgan fingerprint density at radius 3 is 2.52 bits per heavy atom. The van der Waals surface area contributed by atoms with Crippen molar-refractivity contribution in [2.45, 2.75) is 26.8 Å². The van der Waals surface area contributed by atoms with E-state index in [2.05, 4.69) is 0 Å². The molecule has 0 atom stereocenters. The molecule has 2 N–H and O–H groups in total. The lowest BCUT2D eigenvalue weighted by atomic mass is 10.2. The van der Waals surface area contributed by atoms with E-state index in [0.29, 0.717) is 23.7 Å². The highest BCUT2D eigenvalue weighted by atomic mass is 32.1. The van der Waals surface area contributed by atoms with Crippen LogP contribution in [0.15, 0.2) is 18.2 Å². The zero-order chi connectivity index (χ0) is 16.0. The fraction of sp³-hybridized carbons (Fsp3) is 0.467. The summed E-state index contributed by atoms with van der Waals surface area (Å²) in [4.78, 5) is 13.8. The number of nitrogens with zero attached hydrogens (tertiary/aromatic N) is 1. The predicted octanol–water partition coefficient (Wildman–Crippen LogP) is 1.97. The number of hydrogen-bond donors (Lipinski definition) is 1. The van der Waals surface area contributed by atoms with Gasteiger partial charge in [0.25, 0.3) is 5.91 Å². The molecule has 0 unspecified atom stereocenters. The second-order valence-electron chi connectivity index (χ2n) is 4.85. The van der Waals surface area contributed by atoms with E-state index in [0.717, 1.165) is 0 Å². The van der Waals surface area contributed by atoms with Crippen LogP contribution in [0.1, 0.15) is 26.3 Å². The number of nitrogens with two attached hydrogens (primary N) is 1. The molecular formula is C15H22N2O3S. The maximum Gasteiger partial charge on any atom is 0.260 e. The number of benzene rings is 1. The number of amides is 1. The summed E-state index contributed by atoms with van der Waals surface area (Å²) in [6.07, 6.45) is 0. The Morgan fingerprint density at radius 1 is 1.33 bits per heavy atom. The molecule has 1 amide bonds. The number of thiocarbonyl (C=S) groups is 1. The van der Waals surface area contributed by atoms with Crippen LogP contribution < -0.4 is 15.2 Å². The van der Waals surface area contributed by atoms with E-state index in [1.165, 1.54) is 0 Å². The molecular weight excluding hydrogens is 288 g/mol. The van der Waals surface area contributed by atoms with Gasteiger partial charge >= 0.3 is 0 Å². The summed E-state index contributed by atoms with van der Waals surface area (Å²) in [6, 6.07) is 5.31. The third kappa shape index (κ3) is 4.90. The van der Waals surface area contributed by atoms with E-state index in [1.807, 2.05) is 20.8 Å². The molecule has 0 saturated carbocycles. The van der Waals surface area contributed by atoms with E-state index < -0.39 is 0 Å². The Hall–Kier alpha value is -1.82. The van der Waals surface area contributed by atoms with E-state index >= 15 is 0 Å². The first-order valence-electron chi connectivity index (χ1n) is 6.81. The largest absolute Gasteiger partial charge is 0.490 e. The lowest BCUT2D eigenvalue weighted by molar-refractivity contribution is -0.133. The summed E-state index contributed by atoms with van der Waals surface area (Å²) < 4.78 is 11.1. The second-order valence-corrected chi connectivity index (χ2v) is 5.29. The molecule has 0 aliphatic carbocycles. The molecule has 5 nitrogen and oxygen atoms in total. The smallest absolute Gasteiger partial charge is 0.260 e.